The van der Waals surface area contributed by atoms with Crippen molar-refractivity contribution in [2.24, 2.45) is 0 Å². The Labute approximate surface area is 96.5 Å². The fraction of sp³-hybridized carbons (Fsp3) is 0.462. The van der Waals surface area contributed by atoms with Crippen LogP contribution in [-0.2, 0) is 4.79 Å². The van der Waals surface area contributed by atoms with E-state index in [2.05, 4.69) is 5.32 Å². The molecule has 0 atom stereocenters. The van der Waals surface area contributed by atoms with Gasteiger partial charge < -0.3 is 10.2 Å². The molecule has 0 saturated carbocycles. The van der Waals surface area contributed by atoms with Crippen LogP contribution in [0.3, 0.4) is 0 Å². The van der Waals surface area contributed by atoms with E-state index in [-0.39, 0.29) is 5.91 Å². The van der Waals surface area contributed by atoms with E-state index in [4.69, 9.17) is 0 Å². The lowest BCUT2D eigenvalue weighted by atomic mass is 10.2. The SMILES string of the molecule is Cc1cccc(NC(=O)C[NH+]2CCCC2)c1. The monoisotopic (exact) mass is 219 g/mol. The highest BCUT2D eigenvalue weighted by Gasteiger charge is 2.18. The van der Waals surface area contributed by atoms with Crippen molar-refractivity contribution in [2.75, 3.05) is 25.0 Å². The van der Waals surface area contributed by atoms with Gasteiger partial charge in [-0.1, -0.05) is 12.1 Å². The first kappa shape index (κ1) is 11.1. The summed E-state index contributed by atoms with van der Waals surface area (Å²) >= 11 is 0. The Morgan fingerprint density at radius 2 is 2.12 bits per heavy atom. The maximum absolute atomic E-state index is 11.7. The van der Waals surface area contributed by atoms with Gasteiger partial charge in [0.25, 0.3) is 5.91 Å². The second-order valence-electron chi connectivity index (χ2n) is 4.55. The molecule has 1 aromatic carbocycles. The van der Waals surface area contributed by atoms with E-state index < -0.39 is 0 Å². The maximum Gasteiger partial charge on any atom is 0.279 e. The Balaban J connectivity index is 1.86. The predicted octanol–water partition coefficient (Wildman–Crippen LogP) is 0.612. The van der Waals surface area contributed by atoms with Crippen molar-refractivity contribution in [1.29, 1.82) is 0 Å². The average Bonchev–Trinajstić information content (AvgIpc) is 2.70. The minimum absolute atomic E-state index is 0.127. The molecule has 0 radical (unpaired) electrons. The number of carbonyl (C=O) groups excluding carboxylic acids is 1. The lowest BCUT2D eigenvalue weighted by Gasteiger charge is -2.11. The van der Waals surface area contributed by atoms with Crippen LogP contribution in [0.4, 0.5) is 5.69 Å². The van der Waals surface area contributed by atoms with Crippen LogP contribution in [0, 0.1) is 6.92 Å². The third kappa shape index (κ3) is 3.07. The summed E-state index contributed by atoms with van der Waals surface area (Å²) in [4.78, 5) is 13.2. The van der Waals surface area contributed by atoms with Crippen molar-refractivity contribution in [2.45, 2.75) is 19.8 Å². The van der Waals surface area contributed by atoms with Crippen LogP contribution in [0.2, 0.25) is 0 Å². The highest BCUT2D eigenvalue weighted by molar-refractivity contribution is 5.91. The Kier molecular flexibility index (Phi) is 3.57. The van der Waals surface area contributed by atoms with E-state index >= 15 is 0 Å². The molecular formula is C13H19N2O+. The molecule has 2 rings (SSSR count). The Morgan fingerprint density at radius 3 is 2.81 bits per heavy atom. The van der Waals surface area contributed by atoms with Crippen molar-refractivity contribution in [3.63, 3.8) is 0 Å². The smallest absolute Gasteiger partial charge is 0.279 e. The van der Waals surface area contributed by atoms with Gasteiger partial charge in [0.2, 0.25) is 0 Å². The van der Waals surface area contributed by atoms with Crippen LogP contribution in [0.5, 0.6) is 0 Å². The van der Waals surface area contributed by atoms with Crippen LogP contribution < -0.4 is 10.2 Å². The molecule has 0 spiro atoms. The van der Waals surface area contributed by atoms with Gasteiger partial charge in [0, 0.05) is 18.5 Å². The molecule has 0 aliphatic carbocycles. The first-order valence-corrected chi connectivity index (χ1v) is 5.94. The second-order valence-corrected chi connectivity index (χ2v) is 4.55. The van der Waals surface area contributed by atoms with Crippen molar-refractivity contribution in [3.05, 3.63) is 29.8 Å². The van der Waals surface area contributed by atoms with Crippen molar-refractivity contribution in [3.8, 4) is 0 Å². The lowest BCUT2D eigenvalue weighted by Crippen LogP contribution is -3.11. The number of rotatable bonds is 3. The van der Waals surface area contributed by atoms with Gasteiger partial charge >= 0.3 is 0 Å². The summed E-state index contributed by atoms with van der Waals surface area (Å²) in [6.07, 6.45) is 2.51. The number of hydrogen-bond acceptors (Lipinski definition) is 1. The van der Waals surface area contributed by atoms with E-state index in [0.29, 0.717) is 6.54 Å². The van der Waals surface area contributed by atoms with Crippen LogP contribution in [0.1, 0.15) is 18.4 Å². The van der Waals surface area contributed by atoms with Gasteiger partial charge in [0.15, 0.2) is 6.54 Å². The minimum Gasteiger partial charge on any atom is -0.327 e. The maximum atomic E-state index is 11.7. The number of nitrogens with one attached hydrogen (secondary N) is 2. The van der Waals surface area contributed by atoms with Crippen molar-refractivity contribution >= 4 is 11.6 Å². The standard InChI is InChI=1S/C13H18N2O/c1-11-5-4-6-12(9-11)14-13(16)10-15-7-2-3-8-15/h4-6,9H,2-3,7-8,10H2,1H3,(H,14,16)/p+1. The number of benzene rings is 1. The predicted molar refractivity (Wildman–Crippen MR) is 64.6 cm³/mol. The molecule has 1 amide bonds. The third-order valence-electron chi connectivity index (χ3n) is 3.02. The molecule has 16 heavy (non-hydrogen) atoms. The molecule has 1 fully saturated rings. The zero-order chi connectivity index (χ0) is 11.4. The van der Waals surface area contributed by atoms with Gasteiger partial charge in [0.1, 0.15) is 0 Å². The van der Waals surface area contributed by atoms with Crippen molar-refractivity contribution in [1.82, 2.24) is 0 Å². The van der Waals surface area contributed by atoms with Gasteiger partial charge in [-0.25, -0.2) is 0 Å². The van der Waals surface area contributed by atoms with Gasteiger partial charge in [-0.2, -0.15) is 0 Å². The number of hydrogen-bond donors (Lipinski definition) is 2. The highest BCUT2D eigenvalue weighted by Crippen LogP contribution is 2.08. The van der Waals surface area contributed by atoms with E-state index in [9.17, 15) is 4.79 Å². The number of anilines is 1. The first-order valence-electron chi connectivity index (χ1n) is 5.94. The van der Waals surface area contributed by atoms with E-state index in [1.807, 2.05) is 31.2 Å². The number of likely N-dealkylation sites (tertiary alicyclic amines) is 1. The summed E-state index contributed by atoms with van der Waals surface area (Å²) in [5.41, 5.74) is 2.08. The van der Waals surface area contributed by atoms with E-state index in [1.54, 1.807) is 0 Å². The van der Waals surface area contributed by atoms with Gasteiger partial charge in [-0.15, -0.1) is 0 Å². The zero-order valence-corrected chi connectivity index (χ0v) is 9.75. The van der Waals surface area contributed by atoms with E-state index in [1.165, 1.54) is 23.3 Å². The molecule has 1 aliphatic rings. The molecule has 2 N–H and O–H groups in total. The zero-order valence-electron chi connectivity index (χ0n) is 9.75. The molecular weight excluding hydrogens is 200 g/mol. The fourth-order valence-corrected chi connectivity index (χ4v) is 2.21. The summed E-state index contributed by atoms with van der Waals surface area (Å²) < 4.78 is 0. The summed E-state index contributed by atoms with van der Waals surface area (Å²) in [6.45, 7) is 4.91. The summed E-state index contributed by atoms with van der Waals surface area (Å²) in [6, 6.07) is 7.93. The largest absolute Gasteiger partial charge is 0.327 e. The van der Waals surface area contributed by atoms with Crippen LogP contribution in [0.15, 0.2) is 24.3 Å². The topological polar surface area (TPSA) is 33.5 Å². The van der Waals surface area contributed by atoms with E-state index in [0.717, 1.165) is 18.8 Å². The summed E-state index contributed by atoms with van der Waals surface area (Å²) in [7, 11) is 0. The lowest BCUT2D eigenvalue weighted by molar-refractivity contribution is -0.878. The molecule has 1 heterocycles. The quantitative estimate of drug-likeness (QED) is 0.767. The van der Waals surface area contributed by atoms with Gasteiger partial charge in [-0.3, -0.25) is 4.79 Å². The number of carbonyl (C=O) groups is 1. The molecule has 1 aromatic rings. The molecule has 0 unspecified atom stereocenters. The Morgan fingerprint density at radius 1 is 1.38 bits per heavy atom. The van der Waals surface area contributed by atoms with Crippen LogP contribution in [0.25, 0.3) is 0 Å². The molecule has 3 heteroatoms. The molecule has 86 valence electrons. The molecule has 0 aromatic heterocycles. The number of aryl methyl sites for hydroxylation is 1. The number of amides is 1. The fourth-order valence-electron chi connectivity index (χ4n) is 2.21. The average molecular weight is 219 g/mol. The highest BCUT2D eigenvalue weighted by atomic mass is 16.2. The molecule has 3 nitrogen and oxygen atoms in total. The third-order valence-corrected chi connectivity index (χ3v) is 3.02. The Hall–Kier alpha value is -1.35. The molecule has 0 bridgehead atoms. The first-order chi connectivity index (χ1) is 7.74. The summed E-state index contributed by atoms with van der Waals surface area (Å²) in [5, 5.41) is 2.95. The van der Waals surface area contributed by atoms with Crippen molar-refractivity contribution < 1.29 is 9.69 Å². The Bertz CT molecular complexity index is 370. The molecule has 1 saturated heterocycles. The number of quaternary nitrogens is 1. The second kappa shape index (κ2) is 5.12. The van der Waals surface area contributed by atoms with Gasteiger partial charge in [-0.05, 0) is 24.6 Å². The summed E-state index contributed by atoms with van der Waals surface area (Å²) in [5.74, 6) is 0.127. The normalized spacial score (nSPS) is 16.3. The molecule has 1 aliphatic heterocycles. The van der Waals surface area contributed by atoms with Crippen LogP contribution in [-0.4, -0.2) is 25.5 Å². The van der Waals surface area contributed by atoms with Gasteiger partial charge in [0.05, 0.1) is 13.1 Å². The van der Waals surface area contributed by atoms with Crippen LogP contribution >= 0.6 is 0 Å². The minimum atomic E-state index is 0.127.